The van der Waals surface area contributed by atoms with E-state index in [4.69, 9.17) is 0 Å². The molecule has 0 aliphatic carbocycles. The van der Waals surface area contributed by atoms with E-state index in [1.54, 1.807) is 0 Å². The van der Waals surface area contributed by atoms with Crippen molar-refractivity contribution in [2.24, 2.45) is 5.92 Å². The maximum Gasteiger partial charge on any atom is 0.418 e. The first-order valence-electron chi connectivity index (χ1n) is 9.95. The van der Waals surface area contributed by atoms with Crippen molar-refractivity contribution in [3.8, 4) is 0 Å². The maximum absolute atomic E-state index is 13.1. The quantitative estimate of drug-likeness (QED) is 0.807. The average molecular weight is 417 g/mol. The number of carbonyl (C=O) groups is 2. The molecule has 30 heavy (non-hydrogen) atoms. The van der Waals surface area contributed by atoms with Crippen LogP contribution in [0, 0.1) is 5.92 Å². The van der Waals surface area contributed by atoms with Crippen molar-refractivity contribution in [3.05, 3.63) is 54.1 Å². The predicted molar refractivity (Wildman–Crippen MR) is 108 cm³/mol. The number of hydrogen-bond acceptors (Lipinski definition) is 3. The van der Waals surface area contributed by atoms with Crippen LogP contribution >= 0.6 is 0 Å². The topological polar surface area (TPSA) is 52.7 Å². The molecule has 2 aromatic rings. The molecule has 4 rings (SSSR count). The summed E-state index contributed by atoms with van der Waals surface area (Å²) in [6, 6.07) is 12.5. The average Bonchev–Trinajstić information content (AvgIpc) is 3.38. The lowest BCUT2D eigenvalue weighted by molar-refractivity contribution is -0.137. The zero-order valence-corrected chi connectivity index (χ0v) is 16.3. The minimum absolute atomic E-state index is 0.0338. The van der Waals surface area contributed by atoms with E-state index in [2.05, 4.69) is 10.2 Å². The lowest BCUT2D eigenvalue weighted by Crippen LogP contribution is -2.28. The van der Waals surface area contributed by atoms with Gasteiger partial charge in [-0.15, -0.1) is 0 Å². The van der Waals surface area contributed by atoms with Crippen LogP contribution in [0.1, 0.15) is 24.8 Å². The highest BCUT2D eigenvalue weighted by molar-refractivity contribution is 6.03. The normalized spacial score (nSPS) is 19.4. The number of halogens is 3. The molecule has 2 amide bonds. The highest BCUT2D eigenvalue weighted by Crippen LogP contribution is 2.35. The van der Waals surface area contributed by atoms with Crippen LogP contribution in [0.2, 0.25) is 0 Å². The van der Waals surface area contributed by atoms with Crippen molar-refractivity contribution in [2.45, 2.75) is 25.4 Å². The van der Waals surface area contributed by atoms with E-state index in [-0.39, 0.29) is 24.6 Å². The Hall–Kier alpha value is -3.03. The van der Waals surface area contributed by atoms with Crippen LogP contribution in [0.4, 0.5) is 30.2 Å². The van der Waals surface area contributed by atoms with Gasteiger partial charge in [-0.05, 0) is 49.2 Å². The van der Waals surface area contributed by atoms with Gasteiger partial charge in [0, 0.05) is 37.4 Å². The molecule has 5 nitrogen and oxygen atoms in total. The molecule has 2 aliphatic rings. The first-order chi connectivity index (χ1) is 14.3. The van der Waals surface area contributed by atoms with Gasteiger partial charge in [0.05, 0.1) is 17.2 Å². The Morgan fingerprint density at radius 2 is 1.60 bits per heavy atom. The van der Waals surface area contributed by atoms with Crippen LogP contribution in [0.5, 0.6) is 0 Å². The van der Waals surface area contributed by atoms with Gasteiger partial charge in [-0.1, -0.05) is 12.1 Å². The maximum atomic E-state index is 13.1. The van der Waals surface area contributed by atoms with Crippen LogP contribution in [0.15, 0.2) is 48.5 Å². The Labute approximate surface area is 172 Å². The Kier molecular flexibility index (Phi) is 5.40. The Morgan fingerprint density at radius 3 is 2.27 bits per heavy atom. The molecular weight excluding hydrogens is 395 g/mol. The van der Waals surface area contributed by atoms with Crippen LogP contribution in [0.3, 0.4) is 0 Å². The summed E-state index contributed by atoms with van der Waals surface area (Å²) in [5.74, 6) is -1.51. The van der Waals surface area contributed by atoms with Gasteiger partial charge in [-0.25, -0.2) is 0 Å². The molecule has 158 valence electrons. The smallest absolute Gasteiger partial charge is 0.372 e. The van der Waals surface area contributed by atoms with Crippen LogP contribution in [-0.4, -0.2) is 31.4 Å². The summed E-state index contributed by atoms with van der Waals surface area (Å²) < 4.78 is 39.4. The highest BCUT2D eigenvalue weighted by Gasteiger charge is 2.37. The van der Waals surface area contributed by atoms with Gasteiger partial charge in [-0.2, -0.15) is 13.2 Å². The number of alkyl halides is 3. The van der Waals surface area contributed by atoms with Crippen molar-refractivity contribution in [1.82, 2.24) is 0 Å². The zero-order chi connectivity index (χ0) is 21.3. The summed E-state index contributed by atoms with van der Waals surface area (Å²) in [4.78, 5) is 28.8. The standard InChI is InChI=1S/C22H22F3N3O2/c23-22(24,25)18-5-1-2-6-19(18)26-21(30)15-13-20(29)28(14-15)17-9-7-16(8-10-17)27-11-3-4-12-27/h1-2,5-10,15H,3-4,11-14H2,(H,26,30). The summed E-state index contributed by atoms with van der Waals surface area (Å²) >= 11 is 0. The minimum Gasteiger partial charge on any atom is -0.372 e. The fourth-order valence-electron chi connectivity index (χ4n) is 4.03. The molecule has 1 N–H and O–H groups in total. The van der Waals surface area contributed by atoms with Gasteiger partial charge in [0.15, 0.2) is 0 Å². The summed E-state index contributed by atoms with van der Waals surface area (Å²) in [5, 5.41) is 2.35. The van der Waals surface area contributed by atoms with Gasteiger partial charge >= 0.3 is 6.18 Å². The molecule has 2 heterocycles. The van der Waals surface area contributed by atoms with Crippen molar-refractivity contribution in [1.29, 1.82) is 0 Å². The minimum atomic E-state index is -4.57. The Balaban J connectivity index is 1.44. The molecule has 2 saturated heterocycles. The summed E-state index contributed by atoms with van der Waals surface area (Å²) in [7, 11) is 0. The first kappa shape index (κ1) is 20.3. The van der Waals surface area contributed by atoms with Gasteiger partial charge in [0.1, 0.15) is 0 Å². The monoisotopic (exact) mass is 417 g/mol. The number of benzene rings is 2. The number of nitrogens with zero attached hydrogens (tertiary/aromatic N) is 2. The summed E-state index contributed by atoms with van der Waals surface area (Å²) in [6.45, 7) is 2.18. The lowest BCUT2D eigenvalue weighted by atomic mass is 10.1. The number of rotatable bonds is 4. The van der Waals surface area contributed by atoms with E-state index >= 15 is 0 Å². The SMILES string of the molecule is O=C(Nc1ccccc1C(F)(F)F)C1CC(=O)N(c2ccc(N3CCCC3)cc2)C1. The van der Waals surface area contributed by atoms with Crippen LogP contribution in [-0.2, 0) is 15.8 Å². The third kappa shape index (κ3) is 4.13. The number of amides is 2. The fourth-order valence-corrected chi connectivity index (χ4v) is 4.03. The second kappa shape index (κ2) is 8.01. The second-order valence-electron chi connectivity index (χ2n) is 7.65. The van der Waals surface area contributed by atoms with E-state index in [9.17, 15) is 22.8 Å². The van der Waals surface area contributed by atoms with E-state index < -0.39 is 23.6 Å². The van der Waals surface area contributed by atoms with Crippen molar-refractivity contribution in [2.75, 3.05) is 34.8 Å². The highest BCUT2D eigenvalue weighted by atomic mass is 19.4. The number of hydrogen-bond donors (Lipinski definition) is 1. The Bertz CT molecular complexity index is 937. The summed E-state index contributed by atoms with van der Waals surface area (Å²) in [5.41, 5.74) is 0.586. The molecule has 0 saturated carbocycles. The third-order valence-electron chi connectivity index (χ3n) is 5.62. The largest absolute Gasteiger partial charge is 0.418 e. The zero-order valence-electron chi connectivity index (χ0n) is 16.3. The van der Waals surface area contributed by atoms with Crippen LogP contribution in [0.25, 0.3) is 0 Å². The van der Waals surface area contributed by atoms with Crippen molar-refractivity contribution in [3.63, 3.8) is 0 Å². The molecule has 0 bridgehead atoms. The predicted octanol–water partition coefficient (Wildman–Crippen LogP) is 4.30. The van der Waals surface area contributed by atoms with Gasteiger partial charge in [0.2, 0.25) is 11.8 Å². The van der Waals surface area contributed by atoms with Gasteiger partial charge in [0.25, 0.3) is 0 Å². The molecule has 0 radical (unpaired) electrons. The first-order valence-corrected chi connectivity index (χ1v) is 9.95. The van der Waals surface area contributed by atoms with E-state index in [0.717, 1.165) is 24.8 Å². The molecule has 2 aliphatic heterocycles. The second-order valence-corrected chi connectivity index (χ2v) is 7.65. The molecule has 1 atom stereocenters. The lowest BCUT2D eigenvalue weighted by Gasteiger charge is -2.21. The molecule has 2 aromatic carbocycles. The summed E-state index contributed by atoms with van der Waals surface area (Å²) in [6.07, 6.45) is -2.27. The number of carbonyl (C=O) groups excluding carboxylic acids is 2. The molecule has 0 aromatic heterocycles. The molecule has 8 heteroatoms. The van der Waals surface area contributed by atoms with Crippen molar-refractivity contribution >= 4 is 28.9 Å². The molecular formula is C22H22F3N3O2. The van der Waals surface area contributed by atoms with Gasteiger partial charge < -0.3 is 15.1 Å². The number of nitrogens with one attached hydrogen (secondary N) is 1. The van der Waals surface area contributed by atoms with Crippen molar-refractivity contribution < 1.29 is 22.8 Å². The van der Waals surface area contributed by atoms with Gasteiger partial charge in [-0.3, -0.25) is 9.59 Å². The van der Waals surface area contributed by atoms with E-state index in [1.165, 1.54) is 35.9 Å². The fraction of sp³-hybridized carbons (Fsp3) is 0.364. The molecule has 0 spiro atoms. The van der Waals surface area contributed by atoms with E-state index in [0.29, 0.717) is 5.69 Å². The molecule has 2 fully saturated rings. The number of para-hydroxylation sites is 1. The van der Waals surface area contributed by atoms with Crippen LogP contribution < -0.4 is 15.1 Å². The number of anilines is 3. The molecule has 1 unspecified atom stereocenters. The Morgan fingerprint density at radius 1 is 0.967 bits per heavy atom. The van der Waals surface area contributed by atoms with E-state index in [1.807, 2.05) is 24.3 Å². The third-order valence-corrected chi connectivity index (χ3v) is 5.62.